The molecule has 1 aliphatic rings. The molecule has 2 aromatic carbocycles. The second-order valence-corrected chi connectivity index (χ2v) is 7.31. The molecule has 0 aliphatic carbocycles. The molecule has 0 unspecified atom stereocenters. The first-order valence-electron chi connectivity index (χ1n) is 9.40. The molecule has 1 fully saturated rings. The number of methoxy groups -OCH3 is 2. The molecule has 1 saturated heterocycles. The molecule has 0 saturated carbocycles. The van der Waals surface area contributed by atoms with Gasteiger partial charge in [0.15, 0.2) is 6.04 Å². The van der Waals surface area contributed by atoms with E-state index < -0.39 is 0 Å². The Morgan fingerprint density at radius 1 is 1.11 bits per heavy atom. The first-order chi connectivity index (χ1) is 13.5. The zero-order valence-electron chi connectivity index (χ0n) is 16.5. The minimum Gasteiger partial charge on any atom is -0.497 e. The zero-order valence-corrected chi connectivity index (χ0v) is 17.3. The Balaban J connectivity index is 1.54. The van der Waals surface area contributed by atoms with E-state index in [0.29, 0.717) is 16.5 Å². The van der Waals surface area contributed by atoms with Gasteiger partial charge in [-0.15, -0.1) is 0 Å². The van der Waals surface area contributed by atoms with Crippen LogP contribution in [0.25, 0.3) is 0 Å². The topological polar surface area (TPSA) is 55.2 Å². The van der Waals surface area contributed by atoms with Crippen molar-refractivity contribution in [3.63, 3.8) is 0 Å². The summed E-state index contributed by atoms with van der Waals surface area (Å²) in [5.41, 5.74) is 1.86. The number of hydrogen-bond acceptors (Lipinski definition) is 4. The van der Waals surface area contributed by atoms with Gasteiger partial charge in [-0.05, 0) is 49.4 Å². The maximum atomic E-state index is 12.7. The van der Waals surface area contributed by atoms with Crippen molar-refractivity contribution >= 4 is 28.9 Å². The summed E-state index contributed by atoms with van der Waals surface area (Å²) in [6.45, 7) is 5.61. The van der Waals surface area contributed by atoms with Crippen LogP contribution >= 0.6 is 11.6 Å². The summed E-state index contributed by atoms with van der Waals surface area (Å²) in [6, 6.07) is 13.2. The number of nitrogens with zero attached hydrogens (tertiary/aromatic N) is 1. The Morgan fingerprint density at radius 2 is 1.79 bits per heavy atom. The number of amides is 1. The molecule has 1 atom stereocenters. The number of ether oxygens (including phenoxy) is 2. The predicted octanol–water partition coefficient (Wildman–Crippen LogP) is 2.09. The van der Waals surface area contributed by atoms with Gasteiger partial charge in [-0.1, -0.05) is 11.6 Å². The van der Waals surface area contributed by atoms with E-state index in [9.17, 15) is 4.79 Å². The van der Waals surface area contributed by atoms with Crippen molar-refractivity contribution in [2.24, 2.45) is 0 Å². The highest BCUT2D eigenvalue weighted by Gasteiger charge is 2.29. The number of carbonyl (C=O) groups excluding carboxylic acids is 1. The van der Waals surface area contributed by atoms with Crippen molar-refractivity contribution in [2.75, 3.05) is 50.6 Å². The lowest BCUT2D eigenvalue weighted by Crippen LogP contribution is -3.19. The number of anilines is 2. The van der Waals surface area contributed by atoms with Gasteiger partial charge in [-0.25, -0.2) is 0 Å². The minimum absolute atomic E-state index is 0.00543. The minimum atomic E-state index is -0.140. The SMILES string of the molecule is COc1ccc(N2CC[NH+]([C@@H](C)C(=O)Nc3ccc(OC)c(Cl)c3)CC2)cc1. The van der Waals surface area contributed by atoms with E-state index in [0.717, 1.165) is 31.9 Å². The van der Waals surface area contributed by atoms with Crippen molar-refractivity contribution in [3.8, 4) is 11.5 Å². The van der Waals surface area contributed by atoms with Crippen LogP contribution in [0, 0.1) is 0 Å². The molecule has 2 N–H and O–H groups in total. The van der Waals surface area contributed by atoms with Gasteiger partial charge in [0.1, 0.15) is 11.5 Å². The van der Waals surface area contributed by atoms with Crippen LogP contribution < -0.4 is 24.6 Å². The van der Waals surface area contributed by atoms with Crippen molar-refractivity contribution in [1.29, 1.82) is 0 Å². The third kappa shape index (κ3) is 4.69. The van der Waals surface area contributed by atoms with Crippen LogP contribution in [-0.4, -0.2) is 52.3 Å². The molecular weight excluding hydrogens is 378 g/mol. The van der Waals surface area contributed by atoms with Gasteiger partial charge in [0, 0.05) is 11.4 Å². The van der Waals surface area contributed by atoms with E-state index in [1.54, 1.807) is 32.4 Å². The van der Waals surface area contributed by atoms with Crippen LogP contribution in [0.4, 0.5) is 11.4 Å². The third-order valence-electron chi connectivity index (χ3n) is 5.27. The Morgan fingerprint density at radius 3 is 2.36 bits per heavy atom. The molecule has 2 aromatic rings. The number of carbonyl (C=O) groups is 1. The fourth-order valence-corrected chi connectivity index (χ4v) is 3.72. The van der Waals surface area contributed by atoms with Crippen LogP contribution in [0.2, 0.25) is 5.02 Å². The van der Waals surface area contributed by atoms with Crippen LogP contribution in [-0.2, 0) is 4.79 Å². The summed E-state index contributed by atoms with van der Waals surface area (Å²) in [6.07, 6.45) is 0. The number of hydrogen-bond donors (Lipinski definition) is 2. The summed E-state index contributed by atoms with van der Waals surface area (Å²) in [5, 5.41) is 3.44. The summed E-state index contributed by atoms with van der Waals surface area (Å²) < 4.78 is 10.4. The number of piperazine rings is 1. The van der Waals surface area contributed by atoms with E-state index in [2.05, 4.69) is 22.3 Å². The summed E-state index contributed by atoms with van der Waals surface area (Å²) in [4.78, 5) is 16.3. The maximum absolute atomic E-state index is 12.7. The molecule has 0 spiro atoms. The lowest BCUT2D eigenvalue weighted by Gasteiger charge is -2.36. The summed E-state index contributed by atoms with van der Waals surface area (Å²) >= 11 is 6.14. The second-order valence-electron chi connectivity index (χ2n) is 6.90. The lowest BCUT2D eigenvalue weighted by atomic mass is 10.2. The molecule has 3 rings (SSSR count). The fraction of sp³-hybridized carbons (Fsp3) is 0.381. The standard InChI is InChI=1S/C21H26ClN3O3/c1-15(21(26)23-16-4-9-20(28-3)19(22)14-16)24-10-12-25(13-11-24)17-5-7-18(27-2)8-6-17/h4-9,14-15H,10-13H2,1-3H3,(H,23,26)/p+1/t15-/m0/s1. The average molecular weight is 405 g/mol. The smallest absolute Gasteiger partial charge is 0.282 e. The lowest BCUT2D eigenvalue weighted by molar-refractivity contribution is -0.914. The number of quaternary nitrogens is 1. The number of benzene rings is 2. The van der Waals surface area contributed by atoms with Crippen LogP contribution in [0.1, 0.15) is 6.92 Å². The average Bonchev–Trinajstić information content (AvgIpc) is 2.73. The molecule has 7 heteroatoms. The monoisotopic (exact) mass is 404 g/mol. The normalized spacial score (nSPS) is 15.8. The van der Waals surface area contributed by atoms with Gasteiger partial charge in [0.05, 0.1) is 45.4 Å². The van der Waals surface area contributed by atoms with Crippen LogP contribution in [0.3, 0.4) is 0 Å². The van der Waals surface area contributed by atoms with Gasteiger partial charge in [0.2, 0.25) is 0 Å². The zero-order chi connectivity index (χ0) is 20.1. The van der Waals surface area contributed by atoms with Gasteiger partial charge in [0.25, 0.3) is 5.91 Å². The van der Waals surface area contributed by atoms with Crippen LogP contribution in [0.15, 0.2) is 42.5 Å². The second kappa shape index (κ2) is 9.17. The molecular formula is C21H27ClN3O3+. The molecule has 0 bridgehead atoms. The molecule has 0 radical (unpaired) electrons. The van der Waals surface area contributed by atoms with E-state index in [-0.39, 0.29) is 11.9 Å². The predicted molar refractivity (Wildman–Crippen MR) is 112 cm³/mol. The first-order valence-corrected chi connectivity index (χ1v) is 9.77. The number of halogens is 1. The van der Waals surface area contributed by atoms with E-state index in [1.807, 2.05) is 19.1 Å². The van der Waals surface area contributed by atoms with Gasteiger partial charge in [-0.3, -0.25) is 4.79 Å². The molecule has 6 nitrogen and oxygen atoms in total. The quantitative estimate of drug-likeness (QED) is 0.774. The highest BCUT2D eigenvalue weighted by atomic mass is 35.5. The van der Waals surface area contributed by atoms with E-state index >= 15 is 0 Å². The Labute approximate surface area is 171 Å². The van der Waals surface area contributed by atoms with Gasteiger partial charge >= 0.3 is 0 Å². The highest BCUT2D eigenvalue weighted by molar-refractivity contribution is 6.32. The number of nitrogens with one attached hydrogen (secondary N) is 2. The molecule has 28 heavy (non-hydrogen) atoms. The first kappa shape index (κ1) is 20.3. The van der Waals surface area contributed by atoms with Gasteiger partial charge in [-0.2, -0.15) is 0 Å². The summed E-state index contributed by atoms with van der Waals surface area (Å²) in [7, 11) is 3.24. The molecule has 1 aliphatic heterocycles. The van der Waals surface area contributed by atoms with Gasteiger partial charge < -0.3 is 24.6 Å². The Bertz CT molecular complexity index is 805. The maximum Gasteiger partial charge on any atom is 0.282 e. The third-order valence-corrected chi connectivity index (χ3v) is 5.56. The van der Waals surface area contributed by atoms with Crippen molar-refractivity contribution in [3.05, 3.63) is 47.5 Å². The van der Waals surface area contributed by atoms with Crippen LogP contribution in [0.5, 0.6) is 11.5 Å². The number of rotatable bonds is 6. The van der Waals surface area contributed by atoms with E-state index in [1.165, 1.54) is 10.6 Å². The fourth-order valence-electron chi connectivity index (χ4n) is 3.46. The highest BCUT2D eigenvalue weighted by Crippen LogP contribution is 2.27. The Hall–Kier alpha value is -2.44. The van der Waals surface area contributed by atoms with E-state index in [4.69, 9.17) is 21.1 Å². The molecule has 150 valence electrons. The van der Waals surface area contributed by atoms with Crippen molar-refractivity contribution in [2.45, 2.75) is 13.0 Å². The van der Waals surface area contributed by atoms with Crippen molar-refractivity contribution < 1.29 is 19.2 Å². The van der Waals surface area contributed by atoms with Crippen molar-refractivity contribution in [1.82, 2.24) is 0 Å². The molecule has 1 heterocycles. The molecule has 1 amide bonds. The largest absolute Gasteiger partial charge is 0.497 e. The molecule has 0 aromatic heterocycles. The summed E-state index contributed by atoms with van der Waals surface area (Å²) in [5.74, 6) is 1.44. The Kier molecular flexibility index (Phi) is 6.65.